The summed E-state index contributed by atoms with van der Waals surface area (Å²) in [4.78, 5) is 10.6. The Balaban J connectivity index is 1.84. The molecule has 2 N–H and O–H groups in total. The molecule has 0 radical (unpaired) electrons. The molecule has 0 unspecified atom stereocenters. The van der Waals surface area contributed by atoms with Gasteiger partial charge in [0.2, 0.25) is 4.77 Å². The molecule has 138 valence electrons. The third kappa shape index (κ3) is 4.18. The third-order valence-corrected chi connectivity index (χ3v) is 3.86. The van der Waals surface area contributed by atoms with Gasteiger partial charge in [0.1, 0.15) is 5.75 Å². The molecule has 3 aromatic rings. The van der Waals surface area contributed by atoms with Gasteiger partial charge in [0.15, 0.2) is 5.82 Å². The Hall–Kier alpha value is -3.53. The number of ether oxygens (including phenoxy) is 1. The van der Waals surface area contributed by atoms with Crippen LogP contribution in [0.1, 0.15) is 12.5 Å². The second-order valence-corrected chi connectivity index (χ2v) is 5.71. The molecular weight excluding hydrogens is 368 g/mol. The highest BCUT2D eigenvalue weighted by Gasteiger charge is 2.11. The predicted octanol–water partition coefficient (Wildman–Crippen LogP) is 3.49. The largest absolute Gasteiger partial charge is 0.494 e. The topological polar surface area (TPSA) is 110 Å². The first-order valence-corrected chi connectivity index (χ1v) is 8.44. The minimum Gasteiger partial charge on any atom is -0.494 e. The number of aromatic nitrogens is 3. The van der Waals surface area contributed by atoms with Crippen molar-refractivity contribution in [1.82, 2.24) is 14.9 Å². The van der Waals surface area contributed by atoms with E-state index in [4.69, 9.17) is 17.0 Å². The van der Waals surface area contributed by atoms with Gasteiger partial charge in [-0.25, -0.2) is 10.6 Å². The van der Waals surface area contributed by atoms with Crippen LogP contribution in [0.15, 0.2) is 53.6 Å². The summed E-state index contributed by atoms with van der Waals surface area (Å²) >= 11 is 5.21. The van der Waals surface area contributed by atoms with Crippen LogP contribution in [0.5, 0.6) is 5.75 Å². The molecule has 0 aliphatic carbocycles. The lowest BCUT2D eigenvalue weighted by atomic mass is 10.2. The molecule has 0 bridgehead atoms. The maximum Gasteiger partial charge on any atom is 0.278 e. The van der Waals surface area contributed by atoms with E-state index < -0.39 is 4.92 Å². The summed E-state index contributed by atoms with van der Waals surface area (Å²) in [6.45, 7) is 2.50. The molecule has 2 aromatic carbocycles. The van der Waals surface area contributed by atoms with Gasteiger partial charge in [-0.1, -0.05) is 12.1 Å². The van der Waals surface area contributed by atoms with Crippen molar-refractivity contribution >= 4 is 24.1 Å². The van der Waals surface area contributed by atoms with E-state index in [1.807, 2.05) is 31.2 Å². The summed E-state index contributed by atoms with van der Waals surface area (Å²) in [6.07, 6.45) is 1.36. The first-order valence-electron chi connectivity index (χ1n) is 8.03. The fourth-order valence-electron chi connectivity index (χ4n) is 2.37. The highest BCUT2D eigenvalue weighted by Crippen LogP contribution is 2.20. The van der Waals surface area contributed by atoms with E-state index in [1.165, 1.54) is 17.0 Å². The Kier molecular flexibility index (Phi) is 5.57. The number of nitrogens with zero attached hydrogens (tertiary/aromatic N) is 4. The van der Waals surface area contributed by atoms with E-state index in [-0.39, 0.29) is 5.69 Å². The van der Waals surface area contributed by atoms with Gasteiger partial charge < -0.3 is 4.74 Å². The van der Waals surface area contributed by atoms with Gasteiger partial charge in [0.05, 0.1) is 23.3 Å². The molecular formula is C17H16N6O3S. The number of benzene rings is 2. The van der Waals surface area contributed by atoms with Crippen LogP contribution in [-0.2, 0) is 0 Å². The van der Waals surface area contributed by atoms with Crippen LogP contribution >= 0.6 is 12.2 Å². The lowest BCUT2D eigenvalue weighted by Crippen LogP contribution is -2.11. The van der Waals surface area contributed by atoms with Gasteiger partial charge in [-0.05, 0) is 49.5 Å². The Bertz CT molecular complexity index is 1030. The fourth-order valence-corrected chi connectivity index (χ4v) is 2.54. The number of hydrogen-bond acceptors (Lipinski definition) is 7. The fraction of sp³-hybridized carbons (Fsp3) is 0.118. The molecule has 0 fully saturated rings. The number of aromatic amines is 1. The van der Waals surface area contributed by atoms with Crippen LogP contribution in [-0.4, -0.2) is 32.6 Å². The van der Waals surface area contributed by atoms with Gasteiger partial charge in [-0.3, -0.25) is 10.1 Å². The first kappa shape index (κ1) is 18.3. The molecule has 0 spiro atoms. The SMILES string of the molecule is CCOc1ccc(-c2n[nH]c(=S)n2N/N=C\c2ccccc2[N+](=O)[O-])cc1. The molecule has 0 aliphatic rings. The van der Waals surface area contributed by atoms with Crippen LogP contribution < -0.4 is 10.3 Å². The molecule has 0 saturated heterocycles. The average molecular weight is 384 g/mol. The lowest BCUT2D eigenvalue weighted by Gasteiger charge is -2.07. The van der Waals surface area contributed by atoms with Crippen LogP contribution in [0, 0.1) is 14.9 Å². The summed E-state index contributed by atoms with van der Waals surface area (Å²) in [7, 11) is 0. The van der Waals surface area contributed by atoms with Crippen molar-refractivity contribution in [2.24, 2.45) is 5.10 Å². The van der Waals surface area contributed by atoms with E-state index in [2.05, 4.69) is 20.8 Å². The monoisotopic (exact) mass is 384 g/mol. The maximum atomic E-state index is 11.1. The Morgan fingerprint density at radius 3 is 2.78 bits per heavy atom. The van der Waals surface area contributed by atoms with E-state index in [0.29, 0.717) is 22.8 Å². The molecule has 1 heterocycles. The van der Waals surface area contributed by atoms with Crippen LogP contribution in [0.2, 0.25) is 0 Å². The average Bonchev–Trinajstić information content (AvgIpc) is 3.04. The zero-order valence-electron chi connectivity index (χ0n) is 14.3. The Labute approximate surface area is 159 Å². The Morgan fingerprint density at radius 2 is 2.07 bits per heavy atom. The van der Waals surface area contributed by atoms with Crippen molar-refractivity contribution in [3.05, 3.63) is 69.0 Å². The van der Waals surface area contributed by atoms with Crippen molar-refractivity contribution in [1.29, 1.82) is 0 Å². The van der Waals surface area contributed by atoms with E-state index in [0.717, 1.165) is 11.3 Å². The molecule has 0 atom stereocenters. The number of H-pyrrole nitrogens is 1. The Morgan fingerprint density at radius 1 is 1.33 bits per heavy atom. The lowest BCUT2D eigenvalue weighted by molar-refractivity contribution is -0.385. The molecule has 3 rings (SSSR count). The quantitative estimate of drug-likeness (QED) is 0.279. The molecule has 1 aromatic heterocycles. The molecule has 27 heavy (non-hydrogen) atoms. The summed E-state index contributed by atoms with van der Waals surface area (Å²) < 4.78 is 7.20. The van der Waals surface area contributed by atoms with Crippen LogP contribution in [0.25, 0.3) is 11.4 Å². The number of rotatable bonds is 7. The smallest absolute Gasteiger partial charge is 0.278 e. The normalized spacial score (nSPS) is 10.9. The van der Waals surface area contributed by atoms with Gasteiger partial charge in [0, 0.05) is 11.6 Å². The number of hydrogen-bond donors (Lipinski definition) is 2. The minimum atomic E-state index is -0.462. The minimum absolute atomic E-state index is 0.0365. The van der Waals surface area contributed by atoms with E-state index in [1.54, 1.807) is 18.2 Å². The van der Waals surface area contributed by atoms with Gasteiger partial charge in [0.25, 0.3) is 5.69 Å². The molecule has 0 saturated carbocycles. The summed E-state index contributed by atoms with van der Waals surface area (Å²) in [5.74, 6) is 1.27. The van der Waals surface area contributed by atoms with Crippen molar-refractivity contribution in [3.8, 4) is 17.1 Å². The predicted molar refractivity (Wildman–Crippen MR) is 104 cm³/mol. The summed E-state index contributed by atoms with van der Waals surface area (Å²) in [5.41, 5.74) is 3.87. The number of nitro groups is 1. The van der Waals surface area contributed by atoms with Gasteiger partial charge >= 0.3 is 0 Å². The zero-order chi connectivity index (χ0) is 19.2. The standard InChI is InChI=1S/C17H16N6O3S/c1-2-26-14-9-7-12(8-10-14)16-19-20-17(27)22(16)21-18-11-13-5-3-4-6-15(13)23(24)25/h3-11,21H,2H2,1H3,(H,20,27)/b18-11-. The highest BCUT2D eigenvalue weighted by molar-refractivity contribution is 7.71. The van der Waals surface area contributed by atoms with Crippen LogP contribution in [0.4, 0.5) is 5.69 Å². The molecule has 0 amide bonds. The second kappa shape index (κ2) is 8.23. The highest BCUT2D eigenvalue weighted by atomic mass is 32.1. The molecule has 10 heteroatoms. The van der Waals surface area contributed by atoms with Crippen molar-refractivity contribution in [2.45, 2.75) is 6.92 Å². The molecule has 0 aliphatic heterocycles. The van der Waals surface area contributed by atoms with E-state index >= 15 is 0 Å². The number of para-hydroxylation sites is 1. The van der Waals surface area contributed by atoms with Crippen molar-refractivity contribution in [3.63, 3.8) is 0 Å². The second-order valence-electron chi connectivity index (χ2n) is 5.32. The number of hydrazone groups is 1. The molecule has 9 nitrogen and oxygen atoms in total. The van der Waals surface area contributed by atoms with Gasteiger partial charge in [-0.15, -0.1) is 0 Å². The zero-order valence-corrected chi connectivity index (χ0v) is 15.1. The van der Waals surface area contributed by atoms with Crippen LogP contribution in [0.3, 0.4) is 0 Å². The first-order chi connectivity index (χ1) is 13.1. The van der Waals surface area contributed by atoms with E-state index in [9.17, 15) is 10.1 Å². The maximum absolute atomic E-state index is 11.1. The van der Waals surface area contributed by atoms with Crippen molar-refractivity contribution < 1.29 is 9.66 Å². The van der Waals surface area contributed by atoms with Crippen molar-refractivity contribution in [2.75, 3.05) is 12.1 Å². The number of nitro benzene ring substituents is 1. The summed E-state index contributed by atoms with van der Waals surface area (Å²) in [6, 6.07) is 13.7. The number of nitrogens with one attached hydrogen (secondary N) is 2. The van der Waals surface area contributed by atoms with Gasteiger partial charge in [-0.2, -0.15) is 14.9 Å². The third-order valence-electron chi connectivity index (χ3n) is 3.59. The summed E-state index contributed by atoms with van der Waals surface area (Å²) in [5, 5.41) is 22.0.